The molecule has 0 rings (SSSR count). The molecule has 2 heteroatoms. The molecule has 0 aliphatic rings. The van der Waals surface area contributed by atoms with Gasteiger partial charge in [0.2, 0.25) is 0 Å². The van der Waals surface area contributed by atoms with Crippen molar-refractivity contribution in [2.24, 2.45) is 0 Å². The quantitative estimate of drug-likeness (QED) is 0.400. The first kappa shape index (κ1) is 10.5. The molecule has 0 aliphatic carbocycles. The van der Waals surface area contributed by atoms with Crippen molar-refractivity contribution >= 4 is 0 Å². The number of hydrogen-bond donors (Lipinski definition) is 0. The summed E-state index contributed by atoms with van der Waals surface area (Å²) in [5.41, 5.74) is 6.98. The van der Waals surface area contributed by atoms with Gasteiger partial charge < -0.3 is 5.73 Å². The van der Waals surface area contributed by atoms with Crippen LogP contribution in [0.4, 0.5) is 0 Å². The van der Waals surface area contributed by atoms with Crippen molar-refractivity contribution in [3.8, 4) is 0 Å². The van der Waals surface area contributed by atoms with Gasteiger partial charge in [-0.1, -0.05) is 26.7 Å². The van der Waals surface area contributed by atoms with Gasteiger partial charge in [-0.3, -0.25) is 0 Å². The van der Waals surface area contributed by atoms with E-state index >= 15 is 0 Å². The molecule has 1 unspecified atom stereocenters. The summed E-state index contributed by atoms with van der Waals surface area (Å²) in [6.45, 7) is 4.02. The van der Waals surface area contributed by atoms with Gasteiger partial charge >= 0.3 is 18.9 Å². The zero-order valence-corrected chi connectivity index (χ0v) is 5.49. The summed E-state index contributed by atoms with van der Waals surface area (Å²) in [6, 6.07) is 0.148. The summed E-state index contributed by atoms with van der Waals surface area (Å²) < 4.78 is 0. The average molecular weight is 93.1 g/mol. The molecule has 38 valence electrons. The van der Waals surface area contributed by atoms with Crippen LogP contribution >= 0.6 is 0 Å². The van der Waals surface area contributed by atoms with Gasteiger partial charge in [-0.25, -0.2) is 0 Å². The predicted octanol–water partition coefficient (Wildman–Crippen LogP) is -0.769. The van der Waals surface area contributed by atoms with Gasteiger partial charge in [0.1, 0.15) is 0 Å². The summed E-state index contributed by atoms with van der Waals surface area (Å²) in [5.74, 6) is 0. The molecule has 0 amide bonds. The maximum atomic E-state index is 6.98. The first-order chi connectivity index (χ1) is 2.77. The summed E-state index contributed by atoms with van der Waals surface area (Å²) in [7, 11) is 0. The molecule has 0 aliphatic heterocycles. The SMILES string of the molecule is CCCC(C)[NH-].[Li+]. The predicted molar refractivity (Wildman–Crippen MR) is 28.7 cm³/mol. The Morgan fingerprint density at radius 3 is 2.00 bits per heavy atom. The standard InChI is InChI=1S/C5H12N.Li/c1-3-4-5(2)6;/h5-6H,3-4H2,1-2H3;/q-1;+1. The molecule has 0 spiro atoms. The minimum absolute atomic E-state index is 0. The Labute approximate surface area is 57.8 Å². The van der Waals surface area contributed by atoms with Gasteiger partial charge in [-0.05, 0) is 0 Å². The Kier molecular flexibility index (Phi) is 9.86. The van der Waals surface area contributed by atoms with Crippen molar-refractivity contribution < 1.29 is 18.9 Å². The Balaban J connectivity index is 0. The largest absolute Gasteiger partial charge is 1.00 e. The first-order valence-corrected chi connectivity index (χ1v) is 2.48. The molecule has 0 fully saturated rings. The topological polar surface area (TPSA) is 23.8 Å². The minimum Gasteiger partial charge on any atom is -0.675 e. The molecule has 0 aromatic heterocycles. The van der Waals surface area contributed by atoms with Crippen LogP contribution in [0.25, 0.3) is 5.73 Å². The molecule has 1 atom stereocenters. The number of nitrogens with one attached hydrogen (secondary N) is 1. The van der Waals surface area contributed by atoms with Gasteiger partial charge in [0.05, 0.1) is 0 Å². The molecule has 7 heavy (non-hydrogen) atoms. The molecule has 0 saturated carbocycles. The number of hydrogen-bond acceptors (Lipinski definition) is 0. The second-order valence-corrected chi connectivity index (χ2v) is 1.69. The van der Waals surface area contributed by atoms with Crippen LogP contribution in [0, 0.1) is 0 Å². The monoisotopic (exact) mass is 93.1 g/mol. The van der Waals surface area contributed by atoms with E-state index in [1.54, 1.807) is 0 Å². The Morgan fingerprint density at radius 1 is 1.57 bits per heavy atom. The van der Waals surface area contributed by atoms with Crippen LogP contribution in [0.2, 0.25) is 0 Å². The van der Waals surface area contributed by atoms with Crippen LogP contribution in [0.5, 0.6) is 0 Å². The molecule has 0 heterocycles. The third kappa shape index (κ3) is 10.8. The van der Waals surface area contributed by atoms with Gasteiger partial charge in [-0.15, -0.1) is 6.04 Å². The third-order valence-corrected chi connectivity index (χ3v) is 0.722. The molecule has 0 bridgehead atoms. The fourth-order valence-electron chi connectivity index (χ4n) is 0.433. The van der Waals surface area contributed by atoms with E-state index in [0.29, 0.717) is 0 Å². The summed E-state index contributed by atoms with van der Waals surface area (Å²) in [4.78, 5) is 0. The molecule has 0 aromatic rings. The van der Waals surface area contributed by atoms with Crippen LogP contribution in [-0.2, 0) is 0 Å². The Hall–Kier alpha value is 0.557. The Morgan fingerprint density at radius 2 is 2.00 bits per heavy atom. The van der Waals surface area contributed by atoms with Crippen molar-refractivity contribution in [1.29, 1.82) is 0 Å². The van der Waals surface area contributed by atoms with Crippen LogP contribution in [0.1, 0.15) is 26.7 Å². The molecular formula is C5H12LiN. The van der Waals surface area contributed by atoms with Crippen molar-refractivity contribution in [3.05, 3.63) is 5.73 Å². The maximum absolute atomic E-state index is 6.98. The van der Waals surface area contributed by atoms with E-state index in [1.807, 2.05) is 6.92 Å². The van der Waals surface area contributed by atoms with E-state index in [1.165, 1.54) is 0 Å². The van der Waals surface area contributed by atoms with Gasteiger partial charge in [0.15, 0.2) is 0 Å². The van der Waals surface area contributed by atoms with Crippen LogP contribution < -0.4 is 18.9 Å². The Bertz CT molecular complexity index is 29.3. The fraction of sp³-hybridized carbons (Fsp3) is 1.00. The van der Waals surface area contributed by atoms with E-state index in [0.717, 1.165) is 12.8 Å². The van der Waals surface area contributed by atoms with E-state index in [4.69, 9.17) is 5.73 Å². The van der Waals surface area contributed by atoms with Crippen LogP contribution in [-0.4, -0.2) is 6.04 Å². The molecule has 1 nitrogen and oxygen atoms in total. The van der Waals surface area contributed by atoms with E-state index < -0.39 is 0 Å². The second kappa shape index (κ2) is 6.56. The van der Waals surface area contributed by atoms with E-state index in [2.05, 4.69) is 6.92 Å². The molecular weight excluding hydrogens is 81.0 g/mol. The van der Waals surface area contributed by atoms with Crippen molar-refractivity contribution in [2.45, 2.75) is 32.7 Å². The van der Waals surface area contributed by atoms with E-state index in [-0.39, 0.29) is 24.9 Å². The fourth-order valence-corrected chi connectivity index (χ4v) is 0.433. The first-order valence-electron chi connectivity index (χ1n) is 2.48. The van der Waals surface area contributed by atoms with Gasteiger partial charge in [0.25, 0.3) is 0 Å². The molecule has 0 aromatic carbocycles. The molecule has 1 N–H and O–H groups in total. The van der Waals surface area contributed by atoms with Gasteiger partial charge in [-0.2, -0.15) is 0 Å². The van der Waals surface area contributed by atoms with Crippen molar-refractivity contribution in [1.82, 2.24) is 0 Å². The second-order valence-electron chi connectivity index (χ2n) is 1.69. The van der Waals surface area contributed by atoms with E-state index in [9.17, 15) is 0 Å². The van der Waals surface area contributed by atoms with Gasteiger partial charge in [0, 0.05) is 0 Å². The third-order valence-electron chi connectivity index (χ3n) is 0.722. The van der Waals surface area contributed by atoms with Crippen molar-refractivity contribution in [2.75, 3.05) is 0 Å². The van der Waals surface area contributed by atoms with Crippen molar-refractivity contribution in [3.63, 3.8) is 0 Å². The normalized spacial score (nSPS) is 12.4. The zero-order chi connectivity index (χ0) is 4.99. The van der Waals surface area contributed by atoms with Crippen LogP contribution in [0.3, 0.4) is 0 Å². The number of rotatable bonds is 2. The summed E-state index contributed by atoms with van der Waals surface area (Å²) >= 11 is 0. The maximum Gasteiger partial charge on any atom is 1.00 e. The average Bonchev–Trinajstić information content (AvgIpc) is 1.35. The van der Waals surface area contributed by atoms with Crippen LogP contribution in [0.15, 0.2) is 0 Å². The minimum atomic E-state index is 0. The zero-order valence-electron chi connectivity index (χ0n) is 5.49. The molecule has 0 saturated heterocycles. The summed E-state index contributed by atoms with van der Waals surface area (Å²) in [5, 5.41) is 0. The molecule has 0 radical (unpaired) electrons. The smallest absolute Gasteiger partial charge is 0.675 e. The summed E-state index contributed by atoms with van der Waals surface area (Å²) in [6.07, 6.45) is 2.19.